The number of aliphatic hydroxyl groups is 1. The van der Waals surface area contributed by atoms with Crippen LogP contribution in [0.3, 0.4) is 0 Å². The maximum absolute atomic E-state index is 13.4. The van der Waals surface area contributed by atoms with Crippen LogP contribution >= 0.6 is 11.6 Å². The summed E-state index contributed by atoms with van der Waals surface area (Å²) >= 11 is 5.76. The number of rotatable bonds is 4. The summed E-state index contributed by atoms with van der Waals surface area (Å²) in [5, 5.41) is 9.35. The molecular formula is C14H11ClF2O2. The highest BCUT2D eigenvalue weighted by molar-refractivity contribution is 6.30. The van der Waals surface area contributed by atoms with Crippen LogP contribution in [0.25, 0.3) is 0 Å². The van der Waals surface area contributed by atoms with E-state index in [1.165, 1.54) is 36.4 Å². The van der Waals surface area contributed by atoms with Gasteiger partial charge >= 0.3 is 0 Å². The van der Waals surface area contributed by atoms with Crippen molar-refractivity contribution in [3.63, 3.8) is 0 Å². The third kappa shape index (κ3) is 3.66. The average Bonchev–Trinajstić information content (AvgIpc) is 2.39. The van der Waals surface area contributed by atoms with Crippen molar-refractivity contribution in [1.29, 1.82) is 0 Å². The van der Waals surface area contributed by atoms with E-state index in [-0.39, 0.29) is 24.5 Å². The molecule has 0 unspecified atom stereocenters. The Morgan fingerprint density at radius 2 is 1.89 bits per heavy atom. The number of halogens is 3. The zero-order valence-electron chi connectivity index (χ0n) is 9.87. The average molecular weight is 285 g/mol. The summed E-state index contributed by atoms with van der Waals surface area (Å²) in [5.41, 5.74) is 0.670. The van der Waals surface area contributed by atoms with Crippen LogP contribution in [0.1, 0.15) is 11.1 Å². The lowest BCUT2D eigenvalue weighted by Crippen LogP contribution is -1.99. The van der Waals surface area contributed by atoms with Crippen LogP contribution in [0.4, 0.5) is 8.78 Å². The van der Waals surface area contributed by atoms with Crippen molar-refractivity contribution in [3.05, 3.63) is 64.2 Å². The number of aliphatic hydroxyl groups excluding tert-OH is 1. The fourth-order valence-electron chi connectivity index (χ4n) is 1.61. The van der Waals surface area contributed by atoms with E-state index in [4.69, 9.17) is 21.4 Å². The highest BCUT2D eigenvalue weighted by atomic mass is 35.5. The van der Waals surface area contributed by atoms with Crippen LogP contribution in [0, 0.1) is 11.6 Å². The summed E-state index contributed by atoms with van der Waals surface area (Å²) < 4.78 is 31.9. The predicted molar refractivity (Wildman–Crippen MR) is 68.1 cm³/mol. The number of hydrogen-bond donors (Lipinski definition) is 1. The summed E-state index contributed by atoms with van der Waals surface area (Å²) in [5.74, 6) is -0.736. The molecule has 0 fully saturated rings. The fraction of sp³-hybridized carbons (Fsp3) is 0.143. The van der Waals surface area contributed by atoms with Crippen molar-refractivity contribution in [1.82, 2.24) is 0 Å². The lowest BCUT2D eigenvalue weighted by molar-refractivity contribution is 0.275. The van der Waals surface area contributed by atoms with Crippen LogP contribution in [0.5, 0.6) is 5.75 Å². The molecule has 5 heteroatoms. The van der Waals surface area contributed by atoms with Gasteiger partial charge in [-0.15, -0.1) is 0 Å². The van der Waals surface area contributed by atoms with Crippen LogP contribution in [0.15, 0.2) is 36.4 Å². The van der Waals surface area contributed by atoms with Gasteiger partial charge in [0, 0.05) is 16.7 Å². The molecule has 0 bridgehead atoms. The lowest BCUT2D eigenvalue weighted by Gasteiger charge is -2.09. The van der Waals surface area contributed by atoms with Crippen molar-refractivity contribution in [2.24, 2.45) is 0 Å². The summed E-state index contributed by atoms with van der Waals surface area (Å²) in [4.78, 5) is 0. The minimum absolute atomic E-state index is 0.0687. The molecule has 0 aromatic heterocycles. The minimum atomic E-state index is -0.520. The van der Waals surface area contributed by atoms with Gasteiger partial charge in [0.2, 0.25) is 0 Å². The first-order chi connectivity index (χ1) is 9.08. The highest BCUT2D eigenvalue weighted by Gasteiger charge is 2.06. The molecule has 19 heavy (non-hydrogen) atoms. The van der Waals surface area contributed by atoms with E-state index < -0.39 is 11.6 Å². The van der Waals surface area contributed by atoms with E-state index in [0.29, 0.717) is 10.6 Å². The van der Waals surface area contributed by atoms with Crippen molar-refractivity contribution in [2.75, 3.05) is 0 Å². The SMILES string of the molecule is OCc1cc(F)cc(OCc2cc(Cl)ccc2F)c1. The van der Waals surface area contributed by atoms with Gasteiger partial charge < -0.3 is 9.84 Å². The van der Waals surface area contributed by atoms with E-state index in [1.54, 1.807) is 0 Å². The van der Waals surface area contributed by atoms with Crippen LogP contribution in [-0.4, -0.2) is 5.11 Å². The Morgan fingerprint density at radius 3 is 2.63 bits per heavy atom. The van der Waals surface area contributed by atoms with Crippen LogP contribution in [-0.2, 0) is 13.2 Å². The molecule has 0 amide bonds. The maximum Gasteiger partial charge on any atom is 0.129 e. The molecule has 0 saturated carbocycles. The Kier molecular flexibility index (Phi) is 4.35. The predicted octanol–water partition coefficient (Wildman–Crippen LogP) is 3.69. The summed E-state index contributed by atoms with van der Waals surface area (Å²) in [6.45, 7) is -0.361. The Morgan fingerprint density at radius 1 is 1.11 bits per heavy atom. The second-order valence-electron chi connectivity index (χ2n) is 3.98. The molecular weight excluding hydrogens is 274 g/mol. The van der Waals surface area contributed by atoms with E-state index >= 15 is 0 Å². The molecule has 0 spiro atoms. The highest BCUT2D eigenvalue weighted by Crippen LogP contribution is 2.20. The lowest BCUT2D eigenvalue weighted by atomic mass is 10.2. The van der Waals surface area contributed by atoms with Gasteiger partial charge in [-0.05, 0) is 35.9 Å². The van der Waals surface area contributed by atoms with Crippen LogP contribution in [0.2, 0.25) is 5.02 Å². The Hall–Kier alpha value is -1.65. The van der Waals surface area contributed by atoms with E-state index in [9.17, 15) is 8.78 Å². The van der Waals surface area contributed by atoms with E-state index in [1.807, 2.05) is 0 Å². The molecule has 0 heterocycles. The second kappa shape index (κ2) is 5.99. The third-order valence-electron chi connectivity index (χ3n) is 2.52. The molecule has 2 nitrogen and oxygen atoms in total. The minimum Gasteiger partial charge on any atom is -0.489 e. The largest absolute Gasteiger partial charge is 0.489 e. The van der Waals surface area contributed by atoms with Crippen molar-refractivity contribution < 1.29 is 18.6 Å². The molecule has 100 valence electrons. The van der Waals surface area contributed by atoms with Crippen LogP contribution < -0.4 is 4.74 Å². The third-order valence-corrected chi connectivity index (χ3v) is 2.75. The zero-order valence-corrected chi connectivity index (χ0v) is 10.6. The smallest absolute Gasteiger partial charge is 0.129 e. The first kappa shape index (κ1) is 13.8. The molecule has 0 aliphatic rings. The van der Waals surface area contributed by atoms with Gasteiger partial charge in [-0.2, -0.15) is 0 Å². The van der Waals surface area contributed by atoms with E-state index in [2.05, 4.69) is 0 Å². The Balaban J connectivity index is 2.14. The molecule has 0 aliphatic carbocycles. The standard InChI is InChI=1S/C14H11ClF2O2/c15-11-1-2-14(17)10(5-11)8-19-13-4-9(7-18)3-12(16)6-13/h1-6,18H,7-8H2. The Bertz CT molecular complexity index is 588. The second-order valence-corrected chi connectivity index (χ2v) is 4.41. The topological polar surface area (TPSA) is 29.5 Å². The van der Waals surface area contributed by atoms with Gasteiger partial charge in [-0.25, -0.2) is 8.78 Å². The molecule has 2 rings (SSSR count). The maximum atomic E-state index is 13.4. The molecule has 0 atom stereocenters. The summed E-state index contributed by atoms with van der Waals surface area (Å²) in [6, 6.07) is 7.99. The summed E-state index contributed by atoms with van der Waals surface area (Å²) in [6.07, 6.45) is 0. The number of benzene rings is 2. The fourth-order valence-corrected chi connectivity index (χ4v) is 1.81. The van der Waals surface area contributed by atoms with Gasteiger partial charge in [-0.1, -0.05) is 11.6 Å². The zero-order chi connectivity index (χ0) is 13.8. The molecule has 0 saturated heterocycles. The molecule has 0 aliphatic heterocycles. The number of hydrogen-bond acceptors (Lipinski definition) is 2. The van der Waals surface area contributed by atoms with Crippen molar-refractivity contribution >= 4 is 11.6 Å². The first-order valence-electron chi connectivity index (χ1n) is 5.55. The first-order valence-corrected chi connectivity index (χ1v) is 5.93. The molecule has 2 aromatic rings. The molecule has 2 aromatic carbocycles. The summed E-state index contributed by atoms with van der Waals surface area (Å²) in [7, 11) is 0. The Labute approximate surface area is 114 Å². The van der Waals surface area contributed by atoms with Gasteiger partial charge in [0.15, 0.2) is 0 Å². The van der Waals surface area contributed by atoms with Gasteiger partial charge in [0.05, 0.1) is 6.61 Å². The van der Waals surface area contributed by atoms with Gasteiger partial charge in [0.25, 0.3) is 0 Å². The van der Waals surface area contributed by atoms with Crippen molar-refractivity contribution in [3.8, 4) is 5.75 Å². The monoisotopic (exact) mass is 284 g/mol. The van der Waals surface area contributed by atoms with Gasteiger partial charge in [0.1, 0.15) is 24.0 Å². The van der Waals surface area contributed by atoms with Crippen molar-refractivity contribution in [2.45, 2.75) is 13.2 Å². The quantitative estimate of drug-likeness (QED) is 0.928. The normalized spacial score (nSPS) is 10.5. The number of ether oxygens (including phenoxy) is 1. The van der Waals surface area contributed by atoms with E-state index in [0.717, 1.165) is 0 Å². The van der Waals surface area contributed by atoms with Gasteiger partial charge in [-0.3, -0.25) is 0 Å². The molecule has 0 radical (unpaired) electrons. The molecule has 1 N–H and O–H groups in total.